The Bertz CT molecular complexity index is 1460. The molecule has 0 aliphatic carbocycles. The lowest BCUT2D eigenvalue weighted by Crippen LogP contribution is -2.45. The number of benzene rings is 4. The van der Waals surface area contributed by atoms with Crippen molar-refractivity contribution >= 4 is 21.6 Å². The first-order valence-electron chi connectivity index (χ1n) is 12.2. The molecule has 7 heteroatoms. The zero-order valence-electron chi connectivity index (χ0n) is 20.2. The Morgan fingerprint density at radius 1 is 0.730 bits per heavy atom. The monoisotopic (exact) mass is 512 g/mol. The van der Waals surface area contributed by atoms with Gasteiger partial charge in [-0.1, -0.05) is 72.8 Å². The summed E-state index contributed by atoms with van der Waals surface area (Å²) in [4.78, 5) is 15.0. The van der Waals surface area contributed by atoms with Crippen LogP contribution in [0.4, 0.5) is 5.69 Å². The van der Waals surface area contributed by atoms with Gasteiger partial charge >= 0.3 is 0 Å². The topological polar surface area (TPSA) is 86.7 Å². The fourth-order valence-electron chi connectivity index (χ4n) is 4.65. The summed E-state index contributed by atoms with van der Waals surface area (Å²) >= 11 is 0. The maximum absolute atomic E-state index is 13.1. The summed E-state index contributed by atoms with van der Waals surface area (Å²) in [6.07, 6.45) is 0.886. The number of likely N-dealkylation sites (tertiary alicyclic amines) is 1. The number of hydrogen-bond acceptors (Lipinski definition) is 4. The van der Waals surface area contributed by atoms with Crippen LogP contribution in [0.1, 0.15) is 28.8 Å². The minimum atomic E-state index is -3.70. The summed E-state index contributed by atoms with van der Waals surface area (Å²) in [7, 11) is -3.70. The zero-order valence-corrected chi connectivity index (χ0v) is 21.1. The molecular formula is C30H28N2O4S. The van der Waals surface area contributed by atoms with E-state index in [1.54, 1.807) is 47.4 Å². The van der Waals surface area contributed by atoms with E-state index in [2.05, 4.69) is 16.9 Å². The molecule has 0 bridgehead atoms. The van der Waals surface area contributed by atoms with Crippen molar-refractivity contribution in [3.8, 4) is 11.1 Å². The van der Waals surface area contributed by atoms with Gasteiger partial charge in [-0.05, 0) is 65.9 Å². The number of rotatable bonds is 6. The summed E-state index contributed by atoms with van der Waals surface area (Å²) in [5.41, 5.74) is 2.95. The second-order valence-corrected chi connectivity index (χ2v) is 10.9. The van der Waals surface area contributed by atoms with E-state index in [1.165, 1.54) is 12.1 Å². The van der Waals surface area contributed by atoms with Gasteiger partial charge in [0.2, 0.25) is 0 Å². The molecule has 1 fully saturated rings. The van der Waals surface area contributed by atoms with Gasteiger partial charge in [-0.2, -0.15) is 0 Å². The number of carbonyl (C=O) groups excluding carboxylic acids is 1. The second kappa shape index (κ2) is 10.2. The van der Waals surface area contributed by atoms with Crippen LogP contribution in [0.5, 0.6) is 0 Å². The molecule has 0 atom stereocenters. The summed E-state index contributed by atoms with van der Waals surface area (Å²) in [6, 6.07) is 32.6. The highest BCUT2D eigenvalue weighted by Crippen LogP contribution is 2.34. The van der Waals surface area contributed by atoms with Gasteiger partial charge in [-0.3, -0.25) is 9.52 Å². The smallest absolute Gasteiger partial charge is 0.261 e. The Kier molecular flexibility index (Phi) is 6.82. The molecule has 1 aliphatic rings. The van der Waals surface area contributed by atoms with Crippen LogP contribution >= 0.6 is 0 Å². The van der Waals surface area contributed by atoms with Crippen LogP contribution in [0.2, 0.25) is 0 Å². The van der Waals surface area contributed by atoms with Crippen molar-refractivity contribution in [2.75, 3.05) is 17.8 Å². The van der Waals surface area contributed by atoms with Gasteiger partial charge in [-0.25, -0.2) is 8.42 Å². The van der Waals surface area contributed by atoms with Gasteiger partial charge in [-0.15, -0.1) is 0 Å². The van der Waals surface area contributed by atoms with Crippen molar-refractivity contribution in [3.63, 3.8) is 0 Å². The van der Waals surface area contributed by atoms with Crippen LogP contribution in [0, 0.1) is 0 Å². The van der Waals surface area contributed by atoms with E-state index in [0.29, 0.717) is 37.2 Å². The van der Waals surface area contributed by atoms with E-state index >= 15 is 0 Å². The molecule has 0 aromatic heterocycles. The third-order valence-electron chi connectivity index (χ3n) is 6.84. The molecule has 2 N–H and O–H groups in total. The van der Waals surface area contributed by atoms with E-state index in [4.69, 9.17) is 0 Å². The molecule has 1 heterocycles. The highest BCUT2D eigenvalue weighted by atomic mass is 32.2. The first kappa shape index (κ1) is 24.7. The van der Waals surface area contributed by atoms with Gasteiger partial charge in [0.25, 0.3) is 15.9 Å². The summed E-state index contributed by atoms with van der Waals surface area (Å²) in [6.45, 7) is 0.857. The summed E-state index contributed by atoms with van der Waals surface area (Å²) in [5, 5.41) is 11.3. The lowest BCUT2D eigenvalue weighted by atomic mass is 9.83. The van der Waals surface area contributed by atoms with E-state index in [0.717, 1.165) is 16.7 Å². The Balaban J connectivity index is 1.21. The number of sulfonamides is 1. The molecule has 1 amide bonds. The van der Waals surface area contributed by atoms with Crippen molar-refractivity contribution in [1.82, 2.24) is 4.90 Å². The Hall–Kier alpha value is -3.94. The molecule has 0 saturated carbocycles. The van der Waals surface area contributed by atoms with E-state index in [-0.39, 0.29) is 10.8 Å². The van der Waals surface area contributed by atoms with Crippen LogP contribution < -0.4 is 4.72 Å². The predicted molar refractivity (Wildman–Crippen MR) is 145 cm³/mol. The average molecular weight is 513 g/mol. The lowest BCUT2D eigenvalue weighted by molar-refractivity contribution is -0.0211. The predicted octanol–water partition coefficient (Wildman–Crippen LogP) is 5.28. The van der Waals surface area contributed by atoms with Gasteiger partial charge in [0.05, 0.1) is 10.5 Å². The van der Waals surface area contributed by atoms with E-state index in [9.17, 15) is 18.3 Å². The molecule has 1 saturated heterocycles. The highest BCUT2D eigenvalue weighted by Gasteiger charge is 2.35. The largest absolute Gasteiger partial charge is 0.385 e. The minimum absolute atomic E-state index is 0.140. The number of aliphatic hydroxyl groups is 1. The molecule has 1 aliphatic heterocycles. The SMILES string of the molecule is O=C(c1ccc(NS(=O)(=O)c2ccccc2)cc1)N1CCC(O)(c2ccc(-c3ccccc3)cc2)CC1. The Morgan fingerprint density at radius 3 is 1.86 bits per heavy atom. The highest BCUT2D eigenvalue weighted by molar-refractivity contribution is 7.92. The molecular weight excluding hydrogens is 484 g/mol. The van der Waals surface area contributed by atoms with Gasteiger partial charge in [0.15, 0.2) is 0 Å². The van der Waals surface area contributed by atoms with Gasteiger partial charge < -0.3 is 10.0 Å². The molecule has 5 rings (SSSR count). The molecule has 0 radical (unpaired) electrons. The van der Waals surface area contributed by atoms with Crippen molar-refractivity contribution in [3.05, 3.63) is 120 Å². The molecule has 188 valence electrons. The number of nitrogens with one attached hydrogen (secondary N) is 1. The second-order valence-electron chi connectivity index (χ2n) is 9.26. The zero-order chi connectivity index (χ0) is 25.9. The third-order valence-corrected chi connectivity index (χ3v) is 8.24. The molecule has 0 unspecified atom stereocenters. The van der Waals surface area contributed by atoms with E-state index < -0.39 is 15.6 Å². The third kappa shape index (κ3) is 5.43. The number of piperidine rings is 1. The average Bonchev–Trinajstić information content (AvgIpc) is 2.94. The quantitative estimate of drug-likeness (QED) is 0.368. The Labute approximate surface area is 217 Å². The maximum atomic E-state index is 13.1. The number of hydrogen-bond donors (Lipinski definition) is 2. The van der Waals surface area contributed by atoms with Crippen LogP contribution in [-0.4, -0.2) is 37.4 Å². The fourth-order valence-corrected chi connectivity index (χ4v) is 5.73. The van der Waals surface area contributed by atoms with Crippen LogP contribution in [-0.2, 0) is 15.6 Å². The van der Waals surface area contributed by atoms with Crippen LogP contribution in [0.3, 0.4) is 0 Å². The van der Waals surface area contributed by atoms with Gasteiger partial charge in [0.1, 0.15) is 0 Å². The van der Waals surface area contributed by atoms with Crippen molar-refractivity contribution < 1.29 is 18.3 Å². The van der Waals surface area contributed by atoms with Crippen LogP contribution in [0.25, 0.3) is 11.1 Å². The lowest BCUT2D eigenvalue weighted by Gasteiger charge is -2.38. The molecule has 6 nitrogen and oxygen atoms in total. The first-order chi connectivity index (χ1) is 17.8. The maximum Gasteiger partial charge on any atom is 0.261 e. The number of amides is 1. The van der Waals surface area contributed by atoms with Crippen molar-refractivity contribution in [2.45, 2.75) is 23.3 Å². The molecule has 4 aromatic rings. The minimum Gasteiger partial charge on any atom is -0.385 e. The molecule has 4 aromatic carbocycles. The number of nitrogens with zero attached hydrogens (tertiary/aromatic N) is 1. The van der Waals surface area contributed by atoms with Crippen LogP contribution in [0.15, 0.2) is 114 Å². The standard InChI is InChI=1S/C30H28N2O4S/c33-29(25-13-17-27(18-14-25)31-37(35,36)28-9-5-2-6-10-28)32-21-19-30(34,20-22-32)26-15-11-24(12-16-26)23-7-3-1-4-8-23/h1-18,31,34H,19-22H2. The van der Waals surface area contributed by atoms with Crippen molar-refractivity contribution in [1.29, 1.82) is 0 Å². The normalized spacial score (nSPS) is 15.2. The number of anilines is 1. The van der Waals surface area contributed by atoms with E-state index in [1.807, 2.05) is 42.5 Å². The Morgan fingerprint density at radius 2 is 1.27 bits per heavy atom. The molecule has 37 heavy (non-hydrogen) atoms. The van der Waals surface area contributed by atoms with Crippen molar-refractivity contribution in [2.24, 2.45) is 0 Å². The molecule has 0 spiro atoms. The summed E-state index contributed by atoms with van der Waals surface area (Å²) in [5.74, 6) is -0.140. The van der Waals surface area contributed by atoms with Gasteiger partial charge in [0, 0.05) is 24.3 Å². The summed E-state index contributed by atoms with van der Waals surface area (Å²) < 4.78 is 27.6. The fraction of sp³-hybridized carbons (Fsp3) is 0.167. The first-order valence-corrected chi connectivity index (χ1v) is 13.7. The number of carbonyl (C=O) groups is 1.